The standard InChI is InChI=1S/C31H28BrN3O3/c1-37-27-18-22(13-15-26(27)38-31(36)23-12-11-20-7-5-6-8-21(20)17-23)29-30(33-25-9-3-2-4-10-25)35-19-24(32)14-16-28(35)34-29/h5-8,11-19,25,33H,2-4,9-10H2,1H3. The highest BCUT2D eigenvalue weighted by atomic mass is 79.9. The van der Waals surface area contributed by atoms with Gasteiger partial charge in [-0.1, -0.05) is 49.6 Å². The number of hydrogen-bond acceptors (Lipinski definition) is 5. The van der Waals surface area contributed by atoms with Crippen LogP contribution in [0.15, 0.2) is 83.5 Å². The summed E-state index contributed by atoms with van der Waals surface area (Å²) in [6.07, 6.45) is 8.09. The number of halogens is 1. The number of pyridine rings is 1. The number of carbonyl (C=O) groups excluding carboxylic acids is 1. The Bertz CT molecular complexity index is 1640. The van der Waals surface area contributed by atoms with Crippen LogP contribution in [-0.4, -0.2) is 28.5 Å². The van der Waals surface area contributed by atoms with E-state index < -0.39 is 5.97 Å². The molecule has 6 nitrogen and oxygen atoms in total. The molecule has 2 heterocycles. The molecular weight excluding hydrogens is 542 g/mol. The Morgan fingerprint density at radius 1 is 0.947 bits per heavy atom. The number of imidazole rings is 1. The number of hydrogen-bond donors (Lipinski definition) is 1. The molecule has 0 amide bonds. The van der Waals surface area contributed by atoms with E-state index in [1.807, 2.05) is 66.9 Å². The van der Waals surface area contributed by atoms with Crippen LogP contribution in [0, 0.1) is 0 Å². The predicted octanol–water partition coefficient (Wildman–Crippen LogP) is 7.89. The van der Waals surface area contributed by atoms with E-state index in [0.29, 0.717) is 23.1 Å². The molecule has 6 rings (SSSR count). The lowest BCUT2D eigenvalue weighted by molar-refractivity contribution is 0.0730. The molecule has 2 aromatic heterocycles. The maximum atomic E-state index is 13.0. The number of nitrogens with one attached hydrogen (secondary N) is 1. The van der Waals surface area contributed by atoms with Gasteiger partial charge >= 0.3 is 5.97 Å². The molecule has 1 saturated carbocycles. The second kappa shape index (κ2) is 10.5. The highest BCUT2D eigenvalue weighted by Crippen LogP contribution is 2.37. The number of anilines is 1. The van der Waals surface area contributed by atoms with Gasteiger partial charge in [-0.05, 0) is 82.0 Å². The third-order valence-electron chi connectivity index (χ3n) is 7.15. The molecule has 38 heavy (non-hydrogen) atoms. The molecule has 192 valence electrons. The molecule has 1 aliphatic carbocycles. The van der Waals surface area contributed by atoms with Crippen molar-refractivity contribution >= 4 is 44.1 Å². The smallest absolute Gasteiger partial charge is 0.343 e. The van der Waals surface area contributed by atoms with Crippen molar-refractivity contribution in [2.24, 2.45) is 0 Å². The summed E-state index contributed by atoms with van der Waals surface area (Å²) in [5, 5.41) is 5.83. The molecule has 0 radical (unpaired) electrons. The molecule has 0 aliphatic heterocycles. The van der Waals surface area contributed by atoms with Crippen molar-refractivity contribution in [1.29, 1.82) is 0 Å². The zero-order chi connectivity index (χ0) is 26.1. The Kier molecular flexibility index (Phi) is 6.77. The van der Waals surface area contributed by atoms with Gasteiger partial charge in [0.25, 0.3) is 0 Å². The minimum absolute atomic E-state index is 0.364. The SMILES string of the molecule is COc1cc(-c2nc3ccc(Br)cn3c2NC2CCCCC2)ccc1OC(=O)c1ccc2ccccc2c1. The monoisotopic (exact) mass is 569 g/mol. The largest absolute Gasteiger partial charge is 0.493 e. The molecule has 3 aromatic carbocycles. The first-order valence-corrected chi connectivity index (χ1v) is 13.7. The number of benzene rings is 3. The number of methoxy groups -OCH3 is 1. The van der Waals surface area contributed by atoms with Crippen LogP contribution in [0.3, 0.4) is 0 Å². The fraction of sp³-hybridized carbons (Fsp3) is 0.226. The first kappa shape index (κ1) is 24.5. The lowest BCUT2D eigenvalue weighted by Crippen LogP contribution is -2.23. The number of carbonyl (C=O) groups is 1. The van der Waals surface area contributed by atoms with Gasteiger partial charge in [-0.25, -0.2) is 9.78 Å². The molecule has 0 saturated heterocycles. The second-order valence-electron chi connectivity index (χ2n) is 9.68. The van der Waals surface area contributed by atoms with Crippen LogP contribution in [0.2, 0.25) is 0 Å². The predicted molar refractivity (Wildman–Crippen MR) is 154 cm³/mol. The number of fused-ring (bicyclic) bond motifs is 2. The average Bonchev–Trinajstić information content (AvgIpc) is 3.30. The lowest BCUT2D eigenvalue weighted by Gasteiger charge is -2.24. The van der Waals surface area contributed by atoms with Gasteiger partial charge in [0.1, 0.15) is 17.2 Å². The fourth-order valence-electron chi connectivity index (χ4n) is 5.17. The maximum absolute atomic E-state index is 13.0. The molecule has 1 aliphatic rings. The molecule has 1 N–H and O–H groups in total. The van der Waals surface area contributed by atoms with Gasteiger partial charge in [0, 0.05) is 22.3 Å². The summed E-state index contributed by atoms with van der Waals surface area (Å²) in [5.74, 6) is 1.36. The molecular formula is C31H28BrN3O3. The quantitative estimate of drug-likeness (QED) is 0.166. The van der Waals surface area contributed by atoms with Gasteiger partial charge in [-0.15, -0.1) is 0 Å². The molecule has 0 spiro atoms. The summed E-state index contributed by atoms with van der Waals surface area (Å²) in [4.78, 5) is 17.9. The lowest BCUT2D eigenvalue weighted by atomic mass is 9.95. The van der Waals surface area contributed by atoms with E-state index in [0.717, 1.165) is 50.8 Å². The van der Waals surface area contributed by atoms with Crippen LogP contribution in [-0.2, 0) is 0 Å². The van der Waals surface area contributed by atoms with Crippen molar-refractivity contribution in [1.82, 2.24) is 9.38 Å². The zero-order valence-corrected chi connectivity index (χ0v) is 22.7. The molecule has 5 aromatic rings. The topological polar surface area (TPSA) is 64.9 Å². The molecule has 0 bridgehead atoms. The summed E-state index contributed by atoms with van der Waals surface area (Å²) in [6.45, 7) is 0. The van der Waals surface area contributed by atoms with E-state index in [9.17, 15) is 4.79 Å². The number of esters is 1. The van der Waals surface area contributed by atoms with Gasteiger partial charge in [-0.2, -0.15) is 0 Å². The van der Waals surface area contributed by atoms with E-state index >= 15 is 0 Å². The van der Waals surface area contributed by atoms with Crippen LogP contribution in [0.25, 0.3) is 27.7 Å². The Hall–Kier alpha value is -3.84. The Balaban J connectivity index is 1.33. The van der Waals surface area contributed by atoms with Crippen molar-refractivity contribution in [3.63, 3.8) is 0 Å². The minimum atomic E-state index is -0.431. The molecule has 7 heteroatoms. The highest BCUT2D eigenvalue weighted by Gasteiger charge is 2.21. The van der Waals surface area contributed by atoms with E-state index in [4.69, 9.17) is 14.5 Å². The third kappa shape index (κ3) is 4.86. The van der Waals surface area contributed by atoms with Crippen molar-refractivity contribution < 1.29 is 14.3 Å². The Morgan fingerprint density at radius 2 is 1.76 bits per heavy atom. The van der Waals surface area contributed by atoms with E-state index in [-0.39, 0.29) is 0 Å². The van der Waals surface area contributed by atoms with Crippen LogP contribution in [0.4, 0.5) is 5.82 Å². The van der Waals surface area contributed by atoms with Gasteiger partial charge in [0.2, 0.25) is 0 Å². The van der Waals surface area contributed by atoms with Crippen LogP contribution in [0.5, 0.6) is 11.5 Å². The molecule has 0 atom stereocenters. The van der Waals surface area contributed by atoms with Gasteiger partial charge < -0.3 is 14.8 Å². The van der Waals surface area contributed by atoms with E-state index in [2.05, 4.69) is 25.6 Å². The normalized spacial score (nSPS) is 14.1. The van der Waals surface area contributed by atoms with Gasteiger partial charge in [-0.3, -0.25) is 4.40 Å². The minimum Gasteiger partial charge on any atom is -0.493 e. The zero-order valence-electron chi connectivity index (χ0n) is 21.1. The highest BCUT2D eigenvalue weighted by molar-refractivity contribution is 9.10. The number of rotatable bonds is 6. The summed E-state index contributed by atoms with van der Waals surface area (Å²) in [7, 11) is 1.58. The van der Waals surface area contributed by atoms with Crippen LogP contribution in [0.1, 0.15) is 42.5 Å². The molecule has 1 fully saturated rings. The third-order valence-corrected chi connectivity index (χ3v) is 7.62. The average molecular weight is 570 g/mol. The van der Waals surface area contributed by atoms with Crippen molar-refractivity contribution in [2.75, 3.05) is 12.4 Å². The Labute approximate surface area is 229 Å². The first-order valence-electron chi connectivity index (χ1n) is 12.9. The second-order valence-corrected chi connectivity index (χ2v) is 10.6. The first-order chi connectivity index (χ1) is 18.6. The van der Waals surface area contributed by atoms with E-state index in [1.165, 1.54) is 19.3 Å². The summed E-state index contributed by atoms with van der Waals surface area (Å²) < 4.78 is 14.5. The van der Waals surface area contributed by atoms with Crippen LogP contribution >= 0.6 is 15.9 Å². The van der Waals surface area contributed by atoms with Crippen LogP contribution < -0.4 is 14.8 Å². The maximum Gasteiger partial charge on any atom is 0.343 e. The Morgan fingerprint density at radius 3 is 2.58 bits per heavy atom. The number of nitrogens with zero attached hydrogens (tertiary/aromatic N) is 2. The van der Waals surface area contributed by atoms with Crippen molar-refractivity contribution in [2.45, 2.75) is 38.1 Å². The van der Waals surface area contributed by atoms with E-state index in [1.54, 1.807) is 19.2 Å². The fourth-order valence-corrected chi connectivity index (χ4v) is 5.51. The van der Waals surface area contributed by atoms with Crippen molar-refractivity contribution in [3.05, 3.63) is 89.0 Å². The van der Waals surface area contributed by atoms with Crippen molar-refractivity contribution in [3.8, 4) is 22.8 Å². The summed E-state index contributed by atoms with van der Waals surface area (Å²) >= 11 is 3.60. The van der Waals surface area contributed by atoms with Gasteiger partial charge in [0.15, 0.2) is 11.5 Å². The van der Waals surface area contributed by atoms with Gasteiger partial charge in [0.05, 0.1) is 12.7 Å². The molecule has 0 unspecified atom stereocenters. The summed E-state index contributed by atoms with van der Waals surface area (Å²) in [5.41, 5.74) is 3.05. The number of aromatic nitrogens is 2. The summed E-state index contributed by atoms with van der Waals surface area (Å²) in [6, 6.07) is 23.5. The number of ether oxygens (including phenoxy) is 2.